The molecule has 182 valence electrons. The highest BCUT2D eigenvalue weighted by atomic mass is 16.4. The fourth-order valence-electron chi connectivity index (χ4n) is 4.52. The lowest BCUT2D eigenvalue weighted by atomic mass is 10.1. The molecule has 0 saturated carbocycles. The Morgan fingerprint density at radius 3 is 2.50 bits per heavy atom. The molecule has 1 aromatic heterocycles. The molecule has 5 rings (SSSR count). The van der Waals surface area contributed by atoms with Crippen LogP contribution in [0.1, 0.15) is 34.3 Å². The number of likely N-dealkylation sites (tertiary alicyclic amines) is 1. The number of rotatable bonds is 7. The Morgan fingerprint density at radius 1 is 1.00 bits per heavy atom. The number of aromatic nitrogens is 2. The number of carbonyl (C=O) groups excluding carboxylic acids is 2. The molecular formula is C28H27N5O3. The van der Waals surface area contributed by atoms with Crippen LogP contribution in [0.2, 0.25) is 0 Å². The van der Waals surface area contributed by atoms with Gasteiger partial charge in [-0.05, 0) is 80.4 Å². The monoisotopic (exact) mass is 481 g/mol. The van der Waals surface area contributed by atoms with Gasteiger partial charge in [-0.1, -0.05) is 29.8 Å². The van der Waals surface area contributed by atoms with Crippen LogP contribution in [0.25, 0.3) is 22.9 Å². The van der Waals surface area contributed by atoms with E-state index < -0.39 is 0 Å². The normalized spacial score (nSPS) is 15.6. The van der Waals surface area contributed by atoms with Crippen molar-refractivity contribution < 1.29 is 14.0 Å². The standard InChI is InChI=1S/C28H27N5O3/c1-18-5-2-7-22(15-18)28-32-31-27(36-28)21-12-10-20(11-13-21)26(35)30-23-8-3-6-19(16-23)17-33-14-4-9-24(33)25(29)34/h2-3,5-8,10-13,15-16,24H,4,9,14,17H2,1H3,(H2,29,34)(H,30,35). The fourth-order valence-corrected chi connectivity index (χ4v) is 4.52. The highest BCUT2D eigenvalue weighted by Gasteiger charge is 2.28. The molecule has 0 radical (unpaired) electrons. The van der Waals surface area contributed by atoms with Gasteiger partial charge in [0.15, 0.2) is 0 Å². The van der Waals surface area contributed by atoms with Crippen molar-refractivity contribution in [1.29, 1.82) is 0 Å². The molecule has 1 aliphatic heterocycles. The highest BCUT2D eigenvalue weighted by molar-refractivity contribution is 6.04. The average Bonchev–Trinajstić information content (AvgIpc) is 3.55. The second-order valence-electron chi connectivity index (χ2n) is 9.04. The Hall–Kier alpha value is -4.30. The molecule has 2 heterocycles. The number of nitrogens with one attached hydrogen (secondary N) is 1. The van der Waals surface area contributed by atoms with E-state index in [1.54, 1.807) is 24.3 Å². The topological polar surface area (TPSA) is 114 Å². The van der Waals surface area contributed by atoms with E-state index in [1.807, 2.05) is 55.5 Å². The van der Waals surface area contributed by atoms with Crippen LogP contribution in [-0.4, -0.2) is 39.5 Å². The Kier molecular flexibility index (Phi) is 6.60. The third-order valence-corrected chi connectivity index (χ3v) is 6.35. The van der Waals surface area contributed by atoms with Gasteiger partial charge in [-0.2, -0.15) is 0 Å². The molecule has 8 nitrogen and oxygen atoms in total. The molecular weight excluding hydrogens is 454 g/mol. The van der Waals surface area contributed by atoms with Gasteiger partial charge in [-0.15, -0.1) is 10.2 Å². The van der Waals surface area contributed by atoms with Crippen molar-refractivity contribution in [2.75, 3.05) is 11.9 Å². The van der Waals surface area contributed by atoms with Crippen molar-refractivity contribution >= 4 is 17.5 Å². The van der Waals surface area contributed by atoms with Crippen molar-refractivity contribution in [2.45, 2.75) is 32.4 Å². The zero-order valence-electron chi connectivity index (χ0n) is 20.0. The first-order valence-corrected chi connectivity index (χ1v) is 11.9. The number of hydrogen-bond donors (Lipinski definition) is 2. The second kappa shape index (κ2) is 10.1. The maximum absolute atomic E-state index is 12.8. The summed E-state index contributed by atoms with van der Waals surface area (Å²) in [5.41, 5.74) is 10.4. The van der Waals surface area contributed by atoms with Gasteiger partial charge >= 0.3 is 0 Å². The first-order chi connectivity index (χ1) is 17.5. The molecule has 36 heavy (non-hydrogen) atoms. The van der Waals surface area contributed by atoms with Gasteiger partial charge in [-0.3, -0.25) is 14.5 Å². The summed E-state index contributed by atoms with van der Waals surface area (Å²) in [6, 6.07) is 22.3. The number of anilines is 1. The lowest BCUT2D eigenvalue weighted by molar-refractivity contribution is -0.122. The smallest absolute Gasteiger partial charge is 0.255 e. The van der Waals surface area contributed by atoms with Crippen LogP contribution in [-0.2, 0) is 11.3 Å². The number of aryl methyl sites for hydroxylation is 1. The zero-order chi connectivity index (χ0) is 25.1. The summed E-state index contributed by atoms with van der Waals surface area (Å²) in [6.45, 7) is 3.46. The van der Waals surface area contributed by atoms with Gasteiger partial charge in [0.1, 0.15) is 0 Å². The molecule has 1 aliphatic rings. The number of benzene rings is 3. The molecule has 1 saturated heterocycles. The molecule has 3 aromatic carbocycles. The van der Waals surface area contributed by atoms with Gasteiger partial charge in [-0.25, -0.2) is 0 Å². The minimum Gasteiger partial charge on any atom is -0.416 e. The molecule has 3 N–H and O–H groups in total. The van der Waals surface area contributed by atoms with Gasteiger partial charge in [0.05, 0.1) is 6.04 Å². The van der Waals surface area contributed by atoms with Crippen LogP contribution < -0.4 is 11.1 Å². The van der Waals surface area contributed by atoms with Gasteiger partial charge in [0.25, 0.3) is 5.91 Å². The lowest BCUT2D eigenvalue weighted by Crippen LogP contribution is -2.39. The molecule has 2 amide bonds. The van der Waals surface area contributed by atoms with Crippen molar-refractivity contribution in [3.63, 3.8) is 0 Å². The van der Waals surface area contributed by atoms with E-state index in [0.717, 1.165) is 41.6 Å². The summed E-state index contributed by atoms with van der Waals surface area (Å²) in [4.78, 5) is 26.6. The second-order valence-corrected chi connectivity index (χ2v) is 9.04. The van der Waals surface area contributed by atoms with Crippen molar-refractivity contribution in [3.05, 3.63) is 89.5 Å². The van der Waals surface area contributed by atoms with E-state index >= 15 is 0 Å². The van der Waals surface area contributed by atoms with Gasteiger partial charge in [0, 0.05) is 28.9 Å². The molecule has 1 fully saturated rings. The number of carbonyl (C=O) groups is 2. The third-order valence-electron chi connectivity index (χ3n) is 6.35. The van der Waals surface area contributed by atoms with Crippen LogP contribution in [0.15, 0.2) is 77.2 Å². The fraction of sp³-hybridized carbons (Fsp3) is 0.214. The van der Waals surface area contributed by atoms with Crippen LogP contribution in [0.4, 0.5) is 5.69 Å². The van der Waals surface area contributed by atoms with E-state index in [1.165, 1.54) is 0 Å². The molecule has 0 aliphatic carbocycles. The van der Waals surface area contributed by atoms with Crippen molar-refractivity contribution in [3.8, 4) is 22.9 Å². The van der Waals surface area contributed by atoms with Crippen molar-refractivity contribution in [1.82, 2.24) is 15.1 Å². The first-order valence-electron chi connectivity index (χ1n) is 11.9. The number of nitrogens with two attached hydrogens (primary N) is 1. The van der Waals surface area contributed by atoms with Crippen LogP contribution in [0.3, 0.4) is 0 Å². The molecule has 8 heteroatoms. The maximum atomic E-state index is 12.8. The quantitative estimate of drug-likeness (QED) is 0.404. The largest absolute Gasteiger partial charge is 0.416 e. The van der Waals surface area contributed by atoms with E-state index in [4.69, 9.17) is 10.2 Å². The summed E-state index contributed by atoms with van der Waals surface area (Å²) in [5, 5.41) is 11.3. The third kappa shape index (κ3) is 5.18. The lowest BCUT2D eigenvalue weighted by Gasteiger charge is -2.22. The SMILES string of the molecule is Cc1cccc(-c2nnc(-c3ccc(C(=O)Nc4cccc(CN5CCCC5C(N)=O)c4)cc3)o2)c1. The van der Waals surface area contributed by atoms with E-state index in [2.05, 4.69) is 20.4 Å². The van der Waals surface area contributed by atoms with Crippen LogP contribution >= 0.6 is 0 Å². The summed E-state index contributed by atoms with van der Waals surface area (Å²) in [5.74, 6) is 0.335. The maximum Gasteiger partial charge on any atom is 0.255 e. The Balaban J connectivity index is 1.24. The number of amides is 2. The molecule has 4 aromatic rings. The summed E-state index contributed by atoms with van der Waals surface area (Å²) >= 11 is 0. The Morgan fingerprint density at radius 2 is 1.75 bits per heavy atom. The Bertz CT molecular complexity index is 1400. The Labute approximate surface area is 209 Å². The predicted octanol–water partition coefficient (Wildman–Crippen LogP) is 4.41. The van der Waals surface area contributed by atoms with Gasteiger partial charge in [0.2, 0.25) is 17.7 Å². The minimum atomic E-state index is -0.285. The highest BCUT2D eigenvalue weighted by Crippen LogP contribution is 2.25. The number of primary amides is 1. The van der Waals surface area contributed by atoms with Crippen molar-refractivity contribution in [2.24, 2.45) is 5.73 Å². The van der Waals surface area contributed by atoms with E-state index in [-0.39, 0.29) is 17.9 Å². The van der Waals surface area contributed by atoms with Gasteiger partial charge < -0.3 is 15.5 Å². The first kappa shape index (κ1) is 23.4. The summed E-state index contributed by atoms with van der Waals surface area (Å²) in [7, 11) is 0. The predicted molar refractivity (Wildman–Crippen MR) is 137 cm³/mol. The van der Waals surface area contributed by atoms with E-state index in [9.17, 15) is 9.59 Å². The summed E-state index contributed by atoms with van der Waals surface area (Å²) in [6.07, 6.45) is 1.75. The van der Waals surface area contributed by atoms with Crippen LogP contribution in [0, 0.1) is 6.92 Å². The number of nitrogens with zero attached hydrogens (tertiary/aromatic N) is 3. The molecule has 0 spiro atoms. The molecule has 1 unspecified atom stereocenters. The average molecular weight is 482 g/mol. The zero-order valence-corrected chi connectivity index (χ0v) is 20.0. The van der Waals surface area contributed by atoms with Crippen LogP contribution in [0.5, 0.6) is 0 Å². The molecule has 1 atom stereocenters. The van der Waals surface area contributed by atoms with E-state index in [0.29, 0.717) is 29.6 Å². The molecule has 0 bridgehead atoms. The minimum absolute atomic E-state index is 0.221. The summed E-state index contributed by atoms with van der Waals surface area (Å²) < 4.78 is 5.84. The number of hydrogen-bond acceptors (Lipinski definition) is 6.